The summed E-state index contributed by atoms with van der Waals surface area (Å²) in [5, 5.41) is 24.7. The molecule has 0 aliphatic heterocycles. The van der Waals surface area contributed by atoms with Gasteiger partial charge in [-0.2, -0.15) is 0 Å². The number of carbonyl (C=O) groups excluding carboxylic acids is 5. The smallest absolute Gasteiger partial charge is 0.395 e. The second-order valence-corrected chi connectivity index (χ2v) is 13.4. The summed E-state index contributed by atoms with van der Waals surface area (Å²) in [5.74, 6) is -1.91. The number of carbonyl (C=O) groups is 5. The Balaban J connectivity index is 1.70. The van der Waals surface area contributed by atoms with Crippen LogP contribution in [0.5, 0.6) is 11.5 Å². The van der Waals surface area contributed by atoms with Gasteiger partial charge in [0.2, 0.25) is 17.7 Å². The molecule has 2 atom stereocenters. The molecule has 2 aromatic carbocycles. The molecule has 5 amide bonds. The van der Waals surface area contributed by atoms with Crippen molar-refractivity contribution in [2.45, 2.75) is 45.2 Å². The molecule has 2 aromatic rings. The summed E-state index contributed by atoms with van der Waals surface area (Å²) in [6.07, 6.45) is -0.768. The van der Waals surface area contributed by atoms with Gasteiger partial charge in [-0.3, -0.25) is 24.5 Å². The standard InChI is InChI=1S/C39H57N9O15/c1-28(2)35(46-34(49)13-16-56-18-20-58-22-24-60-26-27-61-25-23-59-21-19-57-17-15-43-47-41)37(51)45-33(4-3-14-42-38(40)52)36(50)44-29-5-9-31(10-6-29)62-39(53)63-32-11-7-30(8-12-32)48(54)55/h5-12,28,33,35H,3-4,13-27H2,1-2H3,(H,44,50)(H,45,51)(H,46,49)(H3,40,42,52)/t33-,35-/m0/s1. The van der Waals surface area contributed by atoms with Crippen LogP contribution in [0.25, 0.3) is 10.4 Å². The first-order chi connectivity index (χ1) is 30.4. The number of urea groups is 1. The zero-order valence-corrected chi connectivity index (χ0v) is 35.4. The Morgan fingerprint density at radius 3 is 1.70 bits per heavy atom. The van der Waals surface area contributed by atoms with Gasteiger partial charge in [0.25, 0.3) is 5.69 Å². The van der Waals surface area contributed by atoms with E-state index in [1.54, 1.807) is 13.8 Å². The predicted octanol–water partition coefficient (Wildman–Crippen LogP) is 2.99. The number of azide groups is 1. The number of primary amides is 1. The molecule has 24 nitrogen and oxygen atoms in total. The van der Waals surface area contributed by atoms with Crippen LogP contribution >= 0.6 is 0 Å². The average Bonchev–Trinajstić information content (AvgIpc) is 3.24. The van der Waals surface area contributed by atoms with E-state index in [0.717, 1.165) is 0 Å². The summed E-state index contributed by atoms with van der Waals surface area (Å²) in [7, 11) is 0. The SMILES string of the molecule is CC(C)[C@H](NC(=O)CCOCCOCCOCCOCCOCCOCCN=[N+]=[N-])C(=O)N[C@@H](CCCNC(N)=O)C(=O)Nc1ccc(OC(=O)Oc2ccc([N+](=O)[O-])cc2)cc1. The molecule has 0 heterocycles. The van der Waals surface area contributed by atoms with E-state index in [0.29, 0.717) is 65.1 Å². The normalized spacial score (nSPS) is 11.7. The molecule has 0 unspecified atom stereocenters. The Morgan fingerprint density at radius 2 is 1.22 bits per heavy atom. The number of amides is 5. The van der Waals surface area contributed by atoms with Crippen LogP contribution in [0.4, 0.5) is 21.0 Å². The van der Waals surface area contributed by atoms with Crippen LogP contribution in [-0.4, -0.2) is 139 Å². The van der Waals surface area contributed by atoms with Gasteiger partial charge in [-0.05, 0) is 60.7 Å². The van der Waals surface area contributed by atoms with Gasteiger partial charge in [-0.25, -0.2) is 9.59 Å². The first kappa shape index (κ1) is 53.0. The highest BCUT2D eigenvalue weighted by atomic mass is 16.7. The number of rotatable bonds is 34. The van der Waals surface area contributed by atoms with Crippen molar-refractivity contribution >= 4 is 41.3 Å². The summed E-state index contributed by atoms with van der Waals surface area (Å²) < 4.78 is 42.6. The molecule has 0 saturated carbocycles. The van der Waals surface area contributed by atoms with Crippen LogP contribution in [0, 0.1) is 16.0 Å². The topological polar surface area (TPSA) is 325 Å². The van der Waals surface area contributed by atoms with Crippen LogP contribution in [-0.2, 0) is 42.8 Å². The minimum atomic E-state index is -1.10. The quantitative estimate of drug-likeness (QED) is 0.00986. The fourth-order valence-electron chi connectivity index (χ4n) is 5.03. The first-order valence-corrected chi connectivity index (χ1v) is 20.0. The summed E-state index contributed by atoms with van der Waals surface area (Å²) in [6.45, 7) is 7.96. The number of anilines is 1. The number of nitrogens with zero attached hydrogens (tertiary/aromatic N) is 4. The summed E-state index contributed by atoms with van der Waals surface area (Å²) >= 11 is 0. The van der Waals surface area contributed by atoms with E-state index in [4.69, 9.17) is 49.2 Å². The molecule has 0 aromatic heterocycles. The predicted molar refractivity (Wildman–Crippen MR) is 224 cm³/mol. The van der Waals surface area contributed by atoms with Crippen molar-refractivity contribution in [3.8, 4) is 11.5 Å². The number of nitro benzene ring substituents is 1. The minimum absolute atomic E-state index is 0.0260. The van der Waals surface area contributed by atoms with Gasteiger partial charge < -0.3 is 64.9 Å². The highest BCUT2D eigenvalue weighted by Gasteiger charge is 2.29. The fourth-order valence-corrected chi connectivity index (χ4v) is 5.03. The lowest BCUT2D eigenvalue weighted by Crippen LogP contribution is -2.54. The molecule has 0 saturated heterocycles. The van der Waals surface area contributed by atoms with E-state index >= 15 is 0 Å². The van der Waals surface area contributed by atoms with Crippen molar-refractivity contribution in [3.63, 3.8) is 0 Å². The van der Waals surface area contributed by atoms with Crippen LogP contribution in [0.15, 0.2) is 53.6 Å². The van der Waals surface area contributed by atoms with Gasteiger partial charge in [0.1, 0.15) is 23.6 Å². The average molecular weight is 892 g/mol. The van der Waals surface area contributed by atoms with Gasteiger partial charge in [0, 0.05) is 42.2 Å². The molecule has 2 rings (SSSR count). The molecule has 0 aliphatic rings. The summed E-state index contributed by atoms with van der Waals surface area (Å²) in [6, 6.07) is 7.64. The van der Waals surface area contributed by atoms with Gasteiger partial charge >= 0.3 is 12.2 Å². The third kappa shape index (κ3) is 25.4. The molecule has 0 aliphatic carbocycles. The van der Waals surface area contributed by atoms with E-state index in [2.05, 4.69) is 31.3 Å². The molecule has 0 spiro atoms. The fraction of sp³-hybridized carbons (Fsp3) is 0.564. The Labute approximate surface area is 363 Å². The number of nitrogens with one attached hydrogen (secondary N) is 4. The van der Waals surface area contributed by atoms with Crippen LogP contribution in [0.3, 0.4) is 0 Å². The van der Waals surface area contributed by atoms with Crippen molar-refractivity contribution in [3.05, 3.63) is 69.1 Å². The van der Waals surface area contributed by atoms with Crippen LogP contribution < -0.4 is 36.5 Å². The van der Waals surface area contributed by atoms with Crippen molar-refractivity contribution < 1.29 is 66.8 Å². The van der Waals surface area contributed by atoms with Crippen molar-refractivity contribution in [1.82, 2.24) is 16.0 Å². The number of non-ortho nitro benzene ring substituents is 1. The summed E-state index contributed by atoms with van der Waals surface area (Å²) in [5.41, 5.74) is 13.4. The molecule has 0 fully saturated rings. The van der Waals surface area contributed by atoms with Gasteiger partial charge in [-0.15, -0.1) is 0 Å². The zero-order chi connectivity index (χ0) is 46.1. The maximum atomic E-state index is 13.4. The third-order valence-corrected chi connectivity index (χ3v) is 8.17. The number of benzene rings is 2. The molecule has 0 radical (unpaired) electrons. The lowest BCUT2D eigenvalue weighted by molar-refractivity contribution is -0.384. The Bertz CT molecular complexity index is 1730. The molecular formula is C39H57N9O15. The van der Waals surface area contributed by atoms with Crippen molar-refractivity contribution in [1.29, 1.82) is 0 Å². The highest BCUT2D eigenvalue weighted by molar-refractivity contribution is 5.98. The largest absolute Gasteiger partial charge is 0.519 e. The second kappa shape index (κ2) is 32.6. The Hall–Kier alpha value is -6.14. The van der Waals surface area contributed by atoms with Gasteiger partial charge in [0.05, 0.1) is 84.2 Å². The third-order valence-electron chi connectivity index (χ3n) is 8.17. The van der Waals surface area contributed by atoms with E-state index in [-0.39, 0.29) is 75.3 Å². The number of ether oxygens (including phenoxy) is 8. The van der Waals surface area contributed by atoms with E-state index < -0.39 is 46.9 Å². The van der Waals surface area contributed by atoms with E-state index in [1.807, 2.05) is 0 Å². The van der Waals surface area contributed by atoms with E-state index in [1.165, 1.54) is 48.5 Å². The number of hydrogen-bond acceptors (Lipinski definition) is 16. The number of nitro groups is 1. The highest BCUT2D eigenvalue weighted by Crippen LogP contribution is 2.20. The number of nitrogens with two attached hydrogens (primary N) is 1. The molecular weight excluding hydrogens is 834 g/mol. The second-order valence-electron chi connectivity index (χ2n) is 13.4. The minimum Gasteiger partial charge on any atom is -0.395 e. The zero-order valence-electron chi connectivity index (χ0n) is 35.4. The van der Waals surface area contributed by atoms with Gasteiger partial charge in [0.15, 0.2) is 0 Å². The van der Waals surface area contributed by atoms with Gasteiger partial charge in [-0.1, -0.05) is 19.0 Å². The Morgan fingerprint density at radius 1 is 0.730 bits per heavy atom. The monoisotopic (exact) mass is 891 g/mol. The molecule has 24 heteroatoms. The lowest BCUT2D eigenvalue weighted by Gasteiger charge is -2.25. The molecule has 6 N–H and O–H groups in total. The Kier molecular flexibility index (Phi) is 27.4. The first-order valence-electron chi connectivity index (χ1n) is 20.0. The molecule has 63 heavy (non-hydrogen) atoms. The van der Waals surface area contributed by atoms with E-state index in [9.17, 15) is 34.1 Å². The molecule has 348 valence electrons. The summed E-state index contributed by atoms with van der Waals surface area (Å²) in [4.78, 5) is 75.9. The number of hydrogen-bond donors (Lipinski definition) is 5. The van der Waals surface area contributed by atoms with Crippen molar-refractivity contribution in [2.75, 3.05) is 97.7 Å². The van der Waals surface area contributed by atoms with Crippen LogP contribution in [0.1, 0.15) is 33.1 Å². The maximum Gasteiger partial charge on any atom is 0.519 e. The molecule has 0 bridgehead atoms. The lowest BCUT2D eigenvalue weighted by atomic mass is 10.0. The maximum absolute atomic E-state index is 13.4. The van der Waals surface area contributed by atoms with Crippen molar-refractivity contribution in [2.24, 2.45) is 16.8 Å². The van der Waals surface area contributed by atoms with Crippen LogP contribution in [0.2, 0.25) is 0 Å².